The van der Waals surface area contributed by atoms with E-state index < -0.39 is 0 Å². The molecule has 4 nitrogen and oxygen atoms in total. The number of halogens is 1. The molecule has 1 heterocycles. The summed E-state index contributed by atoms with van der Waals surface area (Å²) < 4.78 is 0. The van der Waals surface area contributed by atoms with Crippen LogP contribution in [0.3, 0.4) is 0 Å². The summed E-state index contributed by atoms with van der Waals surface area (Å²) in [6.07, 6.45) is 6.09. The molecule has 2 aliphatic rings. The molecule has 0 radical (unpaired) electrons. The number of hydrogen-bond acceptors (Lipinski definition) is 2. The van der Waals surface area contributed by atoms with Crippen molar-refractivity contribution in [2.24, 2.45) is 0 Å². The third kappa shape index (κ3) is 4.85. The molecule has 5 heteroatoms. The van der Waals surface area contributed by atoms with E-state index in [9.17, 15) is 4.79 Å². The summed E-state index contributed by atoms with van der Waals surface area (Å²) in [5.74, 6) is 0. The van der Waals surface area contributed by atoms with Gasteiger partial charge in [0.05, 0.1) is 0 Å². The van der Waals surface area contributed by atoms with Gasteiger partial charge in [0.15, 0.2) is 0 Å². The van der Waals surface area contributed by atoms with Crippen LogP contribution < -0.4 is 5.32 Å². The third-order valence-corrected chi connectivity index (χ3v) is 5.12. The number of amides is 2. The van der Waals surface area contributed by atoms with Gasteiger partial charge < -0.3 is 10.2 Å². The molecule has 1 saturated heterocycles. The normalized spacial score (nSPS) is 20.5. The van der Waals surface area contributed by atoms with E-state index in [-0.39, 0.29) is 6.03 Å². The first-order valence-corrected chi connectivity index (χ1v) is 9.11. The lowest BCUT2D eigenvalue weighted by Crippen LogP contribution is -2.53. The number of benzene rings is 1. The Kier molecular flexibility index (Phi) is 5.79. The summed E-state index contributed by atoms with van der Waals surface area (Å²) in [6.45, 7) is 4.35. The maximum atomic E-state index is 12.4. The van der Waals surface area contributed by atoms with Crippen molar-refractivity contribution in [3.63, 3.8) is 0 Å². The Morgan fingerprint density at radius 2 is 1.87 bits per heavy atom. The van der Waals surface area contributed by atoms with Gasteiger partial charge in [-0.2, -0.15) is 0 Å². The minimum atomic E-state index is 0.124. The van der Waals surface area contributed by atoms with Gasteiger partial charge in [0, 0.05) is 43.8 Å². The van der Waals surface area contributed by atoms with Gasteiger partial charge in [0.2, 0.25) is 0 Å². The quantitative estimate of drug-likeness (QED) is 0.917. The Hall–Kier alpha value is -1.26. The average molecular weight is 336 g/mol. The van der Waals surface area contributed by atoms with Crippen LogP contribution in [0.15, 0.2) is 24.3 Å². The standard InChI is InChI=1S/C18H26ClN3O/c19-16-6-4-5-15(13-16)14-21-9-11-22(12-10-21)18(23)20-17-7-2-1-3-8-17/h4-6,13,17H,1-3,7-12,14H2,(H,20,23). The highest BCUT2D eigenvalue weighted by Crippen LogP contribution is 2.18. The first kappa shape index (κ1) is 16.6. The lowest BCUT2D eigenvalue weighted by molar-refractivity contribution is 0.132. The predicted octanol–water partition coefficient (Wildman–Crippen LogP) is 3.50. The van der Waals surface area contributed by atoms with Crippen molar-refractivity contribution in [1.82, 2.24) is 15.1 Å². The smallest absolute Gasteiger partial charge is 0.317 e. The summed E-state index contributed by atoms with van der Waals surface area (Å²) in [5.41, 5.74) is 1.23. The Morgan fingerprint density at radius 1 is 1.13 bits per heavy atom. The predicted molar refractivity (Wildman–Crippen MR) is 93.7 cm³/mol. The van der Waals surface area contributed by atoms with Crippen LogP contribution in [0.5, 0.6) is 0 Å². The molecule has 2 fully saturated rings. The molecule has 3 rings (SSSR count). The zero-order valence-corrected chi connectivity index (χ0v) is 14.4. The number of nitrogens with zero attached hydrogens (tertiary/aromatic N) is 2. The molecule has 0 bridgehead atoms. The molecular weight excluding hydrogens is 310 g/mol. The summed E-state index contributed by atoms with van der Waals surface area (Å²) in [7, 11) is 0. The van der Waals surface area contributed by atoms with E-state index in [1.165, 1.54) is 24.8 Å². The fourth-order valence-electron chi connectivity index (χ4n) is 3.52. The van der Waals surface area contributed by atoms with E-state index in [0.717, 1.165) is 50.6 Å². The summed E-state index contributed by atoms with van der Waals surface area (Å²) >= 11 is 6.04. The van der Waals surface area contributed by atoms with Crippen molar-refractivity contribution in [3.05, 3.63) is 34.9 Å². The van der Waals surface area contributed by atoms with Crippen molar-refractivity contribution < 1.29 is 4.79 Å². The first-order valence-electron chi connectivity index (χ1n) is 8.73. The van der Waals surface area contributed by atoms with E-state index in [0.29, 0.717) is 6.04 Å². The average Bonchev–Trinajstić information content (AvgIpc) is 2.56. The van der Waals surface area contributed by atoms with Crippen molar-refractivity contribution in [2.75, 3.05) is 26.2 Å². The van der Waals surface area contributed by atoms with Crippen molar-refractivity contribution >= 4 is 17.6 Å². The van der Waals surface area contributed by atoms with Crippen LogP contribution in [-0.4, -0.2) is 48.1 Å². The van der Waals surface area contributed by atoms with Gasteiger partial charge in [-0.3, -0.25) is 4.90 Å². The second-order valence-corrected chi connectivity index (χ2v) is 7.11. The molecule has 1 N–H and O–H groups in total. The number of carbonyl (C=O) groups is 1. The van der Waals surface area contributed by atoms with Crippen LogP contribution in [0, 0.1) is 0 Å². The number of urea groups is 1. The lowest BCUT2D eigenvalue weighted by Gasteiger charge is -2.36. The Balaban J connectivity index is 1.43. The molecule has 1 aromatic rings. The van der Waals surface area contributed by atoms with E-state index in [2.05, 4.69) is 16.3 Å². The second kappa shape index (κ2) is 8.02. The summed E-state index contributed by atoms with van der Waals surface area (Å²) in [6, 6.07) is 8.53. The number of piperazine rings is 1. The van der Waals surface area contributed by atoms with Crippen LogP contribution in [-0.2, 0) is 6.54 Å². The number of nitrogens with one attached hydrogen (secondary N) is 1. The van der Waals surface area contributed by atoms with Crippen molar-refractivity contribution in [3.8, 4) is 0 Å². The minimum Gasteiger partial charge on any atom is -0.335 e. The SMILES string of the molecule is O=C(NC1CCCCC1)N1CCN(Cc2cccc(Cl)c2)CC1. The van der Waals surface area contributed by atoms with E-state index in [1.807, 2.05) is 23.1 Å². The van der Waals surface area contributed by atoms with Crippen LogP contribution in [0.2, 0.25) is 5.02 Å². The Morgan fingerprint density at radius 3 is 2.57 bits per heavy atom. The molecule has 23 heavy (non-hydrogen) atoms. The minimum absolute atomic E-state index is 0.124. The maximum absolute atomic E-state index is 12.4. The highest BCUT2D eigenvalue weighted by atomic mass is 35.5. The van der Waals surface area contributed by atoms with Gasteiger partial charge in [0.25, 0.3) is 0 Å². The topological polar surface area (TPSA) is 35.6 Å². The molecule has 1 aliphatic heterocycles. The summed E-state index contributed by atoms with van der Waals surface area (Å²) in [4.78, 5) is 16.7. The zero-order chi connectivity index (χ0) is 16.1. The fraction of sp³-hybridized carbons (Fsp3) is 0.611. The largest absolute Gasteiger partial charge is 0.335 e. The van der Waals surface area contributed by atoms with Gasteiger partial charge in [-0.05, 0) is 30.5 Å². The number of rotatable bonds is 3. The van der Waals surface area contributed by atoms with Gasteiger partial charge in [-0.25, -0.2) is 4.79 Å². The first-order chi connectivity index (χ1) is 11.2. The number of carbonyl (C=O) groups excluding carboxylic acids is 1. The molecule has 1 aromatic carbocycles. The molecule has 0 atom stereocenters. The Labute approximate surface area is 143 Å². The van der Waals surface area contributed by atoms with E-state index >= 15 is 0 Å². The van der Waals surface area contributed by atoms with Crippen molar-refractivity contribution in [2.45, 2.75) is 44.7 Å². The highest BCUT2D eigenvalue weighted by molar-refractivity contribution is 6.30. The van der Waals surface area contributed by atoms with Crippen LogP contribution >= 0.6 is 11.6 Å². The second-order valence-electron chi connectivity index (χ2n) is 6.68. The maximum Gasteiger partial charge on any atom is 0.317 e. The van der Waals surface area contributed by atoms with Gasteiger partial charge in [-0.15, -0.1) is 0 Å². The monoisotopic (exact) mass is 335 g/mol. The van der Waals surface area contributed by atoms with Gasteiger partial charge >= 0.3 is 6.03 Å². The molecule has 0 unspecified atom stereocenters. The van der Waals surface area contributed by atoms with Crippen LogP contribution in [0.1, 0.15) is 37.7 Å². The fourth-order valence-corrected chi connectivity index (χ4v) is 3.73. The van der Waals surface area contributed by atoms with Crippen LogP contribution in [0.25, 0.3) is 0 Å². The van der Waals surface area contributed by atoms with E-state index in [1.54, 1.807) is 0 Å². The third-order valence-electron chi connectivity index (χ3n) is 4.89. The van der Waals surface area contributed by atoms with Gasteiger partial charge in [0.1, 0.15) is 0 Å². The molecule has 2 amide bonds. The molecule has 126 valence electrons. The zero-order valence-electron chi connectivity index (χ0n) is 13.6. The van der Waals surface area contributed by atoms with Crippen LogP contribution in [0.4, 0.5) is 4.79 Å². The Bertz CT molecular complexity index is 523. The molecule has 1 saturated carbocycles. The lowest BCUT2D eigenvalue weighted by atomic mass is 9.96. The van der Waals surface area contributed by atoms with E-state index in [4.69, 9.17) is 11.6 Å². The highest BCUT2D eigenvalue weighted by Gasteiger charge is 2.23. The van der Waals surface area contributed by atoms with Gasteiger partial charge in [-0.1, -0.05) is 43.0 Å². The molecular formula is C18H26ClN3O. The van der Waals surface area contributed by atoms with Crippen molar-refractivity contribution in [1.29, 1.82) is 0 Å². The summed E-state index contributed by atoms with van der Waals surface area (Å²) in [5, 5.41) is 4.00. The number of hydrogen-bond donors (Lipinski definition) is 1. The molecule has 0 spiro atoms. The molecule has 1 aliphatic carbocycles. The molecule has 0 aromatic heterocycles.